The number of anilines is 1. The van der Waals surface area contributed by atoms with Gasteiger partial charge in [-0.3, -0.25) is 4.79 Å². The van der Waals surface area contributed by atoms with Gasteiger partial charge in [0.15, 0.2) is 0 Å². The van der Waals surface area contributed by atoms with Gasteiger partial charge < -0.3 is 10.0 Å². The van der Waals surface area contributed by atoms with Crippen LogP contribution in [0.4, 0.5) is 14.5 Å². The Hall–Kier alpha value is -1.65. The number of carbonyl (C=O) groups is 1. The molecule has 0 amide bonds. The quantitative estimate of drug-likeness (QED) is 0.781. The molecule has 0 radical (unpaired) electrons. The minimum atomic E-state index is -0.833. The molecule has 1 N–H and O–H groups in total. The summed E-state index contributed by atoms with van der Waals surface area (Å²) in [7, 11) is 1.69. The Kier molecular flexibility index (Phi) is 4.87. The van der Waals surface area contributed by atoms with Crippen LogP contribution in [0.1, 0.15) is 19.3 Å². The molecule has 0 bridgehead atoms. The van der Waals surface area contributed by atoms with Gasteiger partial charge in [-0.2, -0.15) is 0 Å². The second kappa shape index (κ2) is 6.18. The molecule has 0 aliphatic rings. The second-order valence-electron chi connectivity index (χ2n) is 3.87. The van der Waals surface area contributed by atoms with E-state index < -0.39 is 17.6 Å². The van der Waals surface area contributed by atoms with Crippen LogP contribution in [-0.2, 0) is 4.79 Å². The van der Waals surface area contributed by atoms with Gasteiger partial charge in [-0.05, 0) is 25.0 Å². The number of hydrogen-bond acceptors (Lipinski definition) is 2. The molecule has 0 spiro atoms. The van der Waals surface area contributed by atoms with Crippen LogP contribution in [0.15, 0.2) is 18.2 Å². The van der Waals surface area contributed by atoms with Crippen molar-refractivity contribution in [2.24, 2.45) is 0 Å². The van der Waals surface area contributed by atoms with E-state index >= 15 is 0 Å². The van der Waals surface area contributed by atoms with E-state index in [4.69, 9.17) is 5.11 Å². The van der Waals surface area contributed by atoms with Gasteiger partial charge in [0, 0.05) is 26.1 Å². The van der Waals surface area contributed by atoms with Gasteiger partial charge >= 0.3 is 5.97 Å². The Morgan fingerprint density at radius 2 is 2.06 bits per heavy atom. The fourth-order valence-electron chi connectivity index (χ4n) is 1.54. The molecule has 1 aromatic rings. The highest BCUT2D eigenvalue weighted by atomic mass is 19.1. The smallest absolute Gasteiger partial charge is 0.303 e. The first-order chi connectivity index (χ1) is 8.00. The summed E-state index contributed by atoms with van der Waals surface area (Å²) < 4.78 is 26.0. The Bertz CT molecular complexity index is 396. The number of carboxylic acids is 1. The zero-order chi connectivity index (χ0) is 12.8. The van der Waals surface area contributed by atoms with Crippen molar-refractivity contribution in [2.45, 2.75) is 19.3 Å². The van der Waals surface area contributed by atoms with Crippen molar-refractivity contribution in [1.29, 1.82) is 0 Å². The molecule has 0 saturated carbocycles. The predicted molar refractivity (Wildman–Crippen MR) is 61.1 cm³/mol. The number of halogens is 2. The highest BCUT2D eigenvalue weighted by Crippen LogP contribution is 2.19. The summed E-state index contributed by atoms with van der Waals surface area (Å²) in [6, 6.07) is 3.41. The second-order valence-corrected chi connectivity index (χ2v) is 3.87. The maximum atomic E-state index is 13.4. The summed E-state index contributed by atoms with van der Waals surface area (Å²) in [5.41, 5.74) is 0.321. The molecule has 0 aliphatic carbocycles. The molecular weight excluding hydrogens is 228 g/mol. The molecule has 0 fully saturated rings. The number of rotatable bonds is 6. The van der Waals surface area contributed by atoms with E-state index in [0.29, 0.717) is 25.1 Å². The van der Waals surface area contributed by atoms with E-state index in [1.165, 1.54) is 12.1 Å². The van der Waals surface area contributed by atoms with Crippen molar-refractivity contribution in [3.05, 3.63) is 29.8 Å². The summed E-state index contributed by atoms with van der Waals surface area (Å²) in [5.74, 6) is -2.04. The first-order valence-corrected chi connectivity index (χ1v) is 5.38. The molecule has 0 saturated heterocycles. The maximum Gasteiger partial charge on any atom is 0.303 e. The summed E-state index contributed by atoms with van der Waals surface area (Å²) in [4.78, 5) is 11.9. The van der Waals surface area contributed by atoms with Crippen molar-refractivity contribution < 1.29 is 18.7 Å². The molecule has 0 aliphatic heterocycles. The zero-order valence-corrected chi connectivity index (χ0v) is 9.62. The van der Waals surface area contributed by atoms with Crippen LogP contribution in [0.3, 0.4) is 0 Å². The Labute approximate surface area is 98.7 Å². The normalized spacial score (nSPS) is 10.3. The first kappa shape index (κ1) is 13.4. The van der Waals surface area contributed by atoms with Crippen LogP contribution < -0.4 is 4.90 Å². The van der Waals surface area contributed by atoms with E-state index in [9.17, 15) is 13.6 Å². The Morgan fingerprint density at radius 3 is 2.65 bits per heavy atom. The fraction of sp³-hybridized carbons (Fsp3) is 0.417. The molecule has 0 aromatic heterocycles. The lowest BCUT2D eigenvalue weighted by Gasteiger charge is -2.19. The Balaban J connectivity index is 2.46. The number of hydrogen-bond donors (Lipinski definition) is 1. The van der Waals surface area contributed by atoms with Crippen molar-refractivity contribution >= 4 is 11.7 Å². The number of aliphatic carboxylic acids is 1. The van der Waals surface area contributed by atoms with Crippen LogP contribution in [0.2, 0.25) is 0 Å². The summed E-state index contributed by atoms with van der Waals surface area (Å²) in [5, 5.41) is 8.46. The zero-order valence-electron chi connectivity index (χ0n) is 9.62. The molecule has 94 valence electrons. The van der Waals surface area contributed by atoms with Gasteiger partial charge in [0.25, 0.3) is 0 Å². The molecule has 1 rings (SSSR count). The van der Waals surface area contributed by atoms with E-state index in [2.05, 4.69) is 0 Å². The van der Waals surface area contributed by atoms with Gasteiger partial charge in [-0.1, -0.05) is 0 Å². The third-order valence-corrected chi connectivity index (χ3v) is 2.46. The molecule has 17 heavy (non-hydrogen) atoms. The molecule has 0 heterocycles. The number of benzene rings is 1. The summed E-state index contributed by atoms with van der Waals surface area (Å²) >= 11 is 0. The third-order valence-electron chi connectivity index (χ3n) is 2.46. The van der Waals surface area contributed by atoms with Gasteiger partial charge in [0.2, 0.25) is 0 Å². The fourth-order valence-corrected chi connectivity index (χ4v) is 1.54. The molecule has 1 aromatic carbocycles. The summed E-state index contributed by atoms with van der Waals surface area (Å²) in [6.45, 7) is 0.538. The van der Waals surface area contributed by atoms with Crippen LogP contribution in [0, 0.1) is 11.6 Å². The van der Waals surface area contributed by atoms with E-state index in [1.54, 1.807) is 11.9 Å². The average Bonchev–Trinajstić information content (AvgIpc) is 2.23. The molecule has 0 atom stereocenters. The van der Waals surface area contributed by atoms with Gasteiger partial charge in [-0.15, -0.1) is 0 Å². The lowest BCUT2D eigenvalue weighted by Crippen LogP contribution is -2.20. The SMILES string of the molecule is CN(CCCCC(=O)O)c1ccc(F)cc1F. The van der Waals surface area contributed by atoms with E-state index in [1.807, 2.05) is 0 Å². The highest BCUT2D eigenvalue weighted by molar-refractivity contribution is 5.66. The van der Waals surface area contributed by atoms with Gasteiger partial charge in [0.1, 0.15) is 11.6 Å². The number of nitrogens with zero attached hydrogens (tertiary/aromatic N) is 1. The number of unbranched alkanes of at least 4 members (excludes halogenated alkanes) is 1. The molecule has 5 heteroatoms. The Morgan fingerprint density at radius 1 is 1.35 bits per heavy atom. The lowest BCUT2D eigenvalue weighted by molar-refractivity contribution is -0.137. The highest BCUT2D eigenvalue weighted by Gasteiger charge is 2.08. The van der Waals surface area contributed by atoms with Crippen molar-refractivity contribution in [3.63, 3.8) is 0 Å². The van der Waals surface area contributed by atoms with Crippen LogP contribution in [0.25, 0.3) is 0 Å². The lowest BCUT2D eigenvalue weighted by atomic mass is 10.2. The summed E-state index contributed by atoms with van der Waals surface area (Å²) in [6.07, 6.45) is 1.31. The van der Waals surface area contributed by atoms with E-state index in [0.717, 1.165) is 6.07 Å². The minimum absolute atomic E-state index is 0.111. The molecule has 0 unspecified atom stereocenters. The maximum absolute atomic E-state index is 13.4. The van der Waals surface area contributed by atoms with Crippen molar-refractivity contribution in [1.82, 2.24) is 0 Å². The average molecular weight is 243 g/mol. The number of carboxylic acid groups (broad SMARTS) is 1. The van der Waals surface area contributed by atoms with Crippen molar-refractivity contribution in [2.75, 3.05) is 18.5 Å². The first-order valence-electron chi connectivity index (χ1n) is 5.38. The van der Waals surface area contributed by atoms with Gasteiger partial charge in [0.05, 0.1) is 5.69 Å². The third kappa shape index (κ3) is 4.38. The monoisotopic (exact) mass is 243 g/mol. The van der Waals surface area contributed by atoms with Crippen LogP contribution in [-0.4, -0.2) is 24.7 Å². The van der Waals surface area contributed by atoms with Gasteiger partial charge in [-0.25, -0.2) is 8.78 Å². The standard InChI is InChI=1S/C12H15F2NO2/c1-15(7-3-2-4-12(16)17)11-6-5-9(13)8-10(11)14/h5-6,8H,2-4,7H2,1H3,(H,16,17). The predicted octanol–water partition coefficient (Wildman–Crippen LogP) is 2.66. The topological polar surface area (TPSA) is 40.5 Å². The van der Waals surface area contributed by atoms with Crippen LogP contribution >= 0.6 is 0 Å². The molecule has 3 nitrogen and oxygen atoms in total. The van der Waals surface area contributed by atoms with Crippen LogP contribution in [0.5, 0.6) is 0 Å². The largest absolute Gasteiger partial charge is 0.481 e. The minimum Gasteiger partial charge on any atom is -0.481 e. The van der Waals surface area contributed by atoms with Crippen molar-refractivity contribution in [3.8, 4) is 0 Å². The molecular formula is C12H15F2NO2. The van der Waals surface area contributed by atoms with E-state index in [-0.39, 0.29) is 6.42 Å².